The summed E-state index contributed by atoms with van der Waals surface area (Å²) >= 11 is 5.78. The Morgan fingerprint density at radius 2 is 1.59 bits per heavy atom. The first-order chi connectivity index (χ1) is 12.9. The highest BCUT2D eigenvalue weighted by molar-refractivity contribution is 6.32. The molecule has 0 unspecified atom stereocenters. The summed E-state index contributed by atoms with van der Waals surface area (Å²) in [6.45, 7) is 6.54. The molecule has 6 nitrogen and oxygen atoms in total. The van der Waals surface area contributed by atoms with Crippen molar-refractivity contribution in [1.29, 1.82) is 0 Å². The maximum atomic E-state index is 14.0. The molecule has 2 aromatic carbocycles. The Kier molecular flexibility index (Phi) is 7.12. The number of phenols is 1. The normalized spacial score (nSPS) is 10.4. The molecule has 0 spiro atoms. The standard InChI is InChI=1S/C19H21ClFNO5/c1-4-25-16-7-11(8-17(26-5-2)18(16)27-6-3)19(24)22-14-9-12(20)15(23)10-13(14)21/h7-10,23H,4-6H2,1-3H3,(H,22,24). The van der Waals surface area contributed by atoms with Crippen LogP contribution in [-0.4, -0.2) is 30.8 Å². The second-order valence-corrected chi connectivity index (χ2v) is 5.75. The van der Waals surface area contributed by atoms with Crippen LogP contribution in [0.1, 0.15) is 31.1 Å². The molecular formula is C19H21ClFNO5. The fourth-order valence-electron chi connectivity index (χ4n) is 2.35. The zero-order chi connectivity index (χ0) is 20.0. The molecule has 27 heavy (non-hydrogen) atoms. The minimum Gasteiger partial charge on any atom is -0.506 e. The SMILES string of the molecule is CCOc1cc(C(=O)Nc2cc(Cl)c(O)cc2F)cc(OCC)c1OCC. The molecule has 0 aliphatic carbocycles. The van der Waals surface area contributed by atoms with E-state index in [-0.39, 0.29) is 16.3 Å². The van der Waals surface area contributed by atoms with Gasteiger partial charge in [0.2, 0.25) is 5.75 Å². The number of nitrogens with one attached hydrogen (secondary N) is 1. The smallest absolute Gasteiger partial charge is 0.256 e. The molecule has 8 heteroatoms. The van der Waals surface area contributed by atoms with Gasteiger partial charge in [-0.3, -0.25) is 4.79 Å². The van der Waals surface area contributed by atoms with Crippen LogP contribution in [0.3, 0.4) is 0 Å². The number of phenolic OH excluding ortho intramolecular Hbond substituents is 1. The second kappa shape index (κ2) is 9.32. The maximum absolute atomic E-state index is 14.0. The predicted molar refractivity (Wildman–Crippen MR) is 101 cm³/mol. The number of carbonyl (C=O) groups excluding carboxylic acids is 1. The number of anilines is 1. The average Bonchev–Trinajstić information content (AvgIpc) is 2.62. The fraction of sp³-hybridized carbons (Fsp3) is 0.316. The zero-order valence-electron chi connectivity index (χ0n) is 15.3. The van der Waals surface area contributed by atoms with Gasteiger partial charge in [-0.25, -0.2) is 4.39 Å². The summed E-state index contributed by atoms with van der Waals surface area (Å²) in [5.74, 6) is -0.728. The van der Waals surface area contributed by atoms with Crippen molar-refractivity contribution < 1.29 is 28.5 Å². The van der Waals surface area contributed by atoms with E-state index in [1.807, 2.05) is 6.92 Å². The van der Waals surface area contributed by atoms with Crippen molar-refractivity contribution in [2.45, 2.75) is 20.8 Å². The van der Waals surface area contributed by atoms with Gasteiger partial charge < -0.3 is 24.6 Å². The molecule has 2 N–H and O–H groups in total. The molecule has 2 rings (SSSR count). The van der Waals surface area contributed by atoms with Gasteiger partial charge in [0.25, 0.3) is 5.91 Å². The van der Waals surface area contributed by atoms with Gasteiger partial charge in [0, 0.05) is 11.6 Å². The highest BCUT2D eigenvalue weighted by Gasteiger charge is 2.19. The molecule has 0 aliphatic rings. The van der Waals surface area contributed by atoms with Crippen molar-refractivity contribution in [3.8, 4) is 23.0 Å². The predicted octanol–water partition coefficient (Wildman–Crippen LogP) is 4.63. The first-order valence-electron chi connectivity index (χ1n) is 8.46. The lowest BCUT2D eigenvalue weighted by Gasteiger charge is -2.17. The maximum Gasteiger partial charge on any atom is 0.256 e. The third-order valence-electron chi connectivity index (χ3n) is 3.46. The summed E-state index contributed by atoms with van der Waals surface area (Å²) < 4.78 is 30.7. The number of hydrogen-bond acceptors (Lipinski definition) is 5. The lowest BCUT2D eigenvalue weighted by atomic mass is 10.1. The quantitative estimate of drug-likeness (QED) is 0.635. The van der Waals surface area contributed by atoms with Crippen molar-refractivity contribution in [1.82, 2.24) is 0 Å². The van der Waals surface area contributed by atoms with Crippen LogP contribution in [-0.2, 0) is 0 Å². The number of ether oxygens (including phenoxy) is 3. The number of carbonyl (C=O) groups is 1. The van der Waals surface area contributed by atoms with Crippen LogP contribution in [0.2, 0.25) is 5.02 Å². The molecule has 0 atom stereocenters. The van der Waals surface area contributed by atoms with E-state index in [1.165, 1.54) is 12.1 Å². The van der Waals surface area contributed by atoms with Gasteiger partial charge in [0.1, 0.15) is 5.75 Å². The van der Waals surface area contributed by atoms with Gasteiger partial charge in [-0.05, 0) is 39.0 Å². The molecule has 1 amide bonds. The molecule has 146 valence electrons. The minimum absolute atomic E-state index is 0.0802. The molecule has 0 bridgehead atoms. The Morgan fingerprint density at radius 1 is 1.04 bits per heavy atom. The van der Waals surface area contributed by atoms with Crippen molar-refractivity contribution in [2.24, 2.45) is 0 Å². The number of amides is 1. The highest BCUT2D eigenvalue weighted by atomic mass is 35.5. The summed E-state index contributed by atoms with van der Waals surface area (Å²) in [5, 5.41) is 11.8. The van der Waals surface area contributed by atoms with Crippen LogP contribution >= 0.6 is 11.6 Å². The molecule has 0 aromatic heterocycles. The number of benzene rings is 2. The Bertz CT molecular complexity index is 801. The van der Waals surface area contributed by atoms with Crippen LogP contribution in [0.5, 0.6) is 23.0 Å². The zero-order valence-corrected chi connectivity index (χ0v) is 16.0. The van der Waals surface area contributed by atoms with Gasteiger partial charge in [-0.1, -0.05) is 11.6 Å². The molecule has 0 fully saturated rings. The molecule has 0 saturated heterocycles. The van der Waals surface area contributed by atoms with Crippen molar-refractivity contribution >= 4 is 23.2 Å². The number of halogens is 2. The van der Waals surface area contributed by atoms with E-state index in [0.717, 1.165) is 12.1 Å². The van der Waals surface area contributed by atoms with Crippen LogP contribution in [0.25, 0.3) is 0 Å². The monoisotopic (exact) mass is 397 g/mol. The third kappa shape index (κ3) is 4.95. The van der Waals surface area contributed by atoms with Crippen molar-refractivity contribution in [3.05, 3.63) is 40.7 Å². The Morgan fingerprint density at radius 3 is 2.11 bits per heavy atom. The Balaban J connectivity index is 2.41. The summed E-state index contributed by atoms with van der Waals surface area (Å²) in [6.07, 6.45) is 0. The number of aromatic hydroxyl groups is 1. The Labute approximate surface area is 161 Å². The highest BCUT2D eigenvalue weighted by Crippen LogP contribution is 2.39. The first kappa shape index (κ1) is 20.6. The van der Waals surface area contributed by atoms with Gasteiger partial charge in [-0.15, -0.1) is 0 Å². The number of hydrogen-bond donors (Lipinski definition) is 2. The van der Waals surface area contributed by atoms with Crippen LogP contribution in [0.4, 0.5) is 10.1 Å². The summed E-state index contributed by atoms with van der Waals surface area (Å²) in [6, 6.07) is 4.94. The summed E-state index contributed by atoms with van der Waals surface area (Å²) in [5.41, 5.74) is 0.0292. The lowest BCUT2D eigenvalue weighted by Crippen LogP contribution is -2.14. The molecule has 0 radical (unpaired) electrons. The van der Waals surface area contributed by atoms with Gasteiger partial charge >= 0.3 is 0 Å². The van der Waals surface area contributed by atoms with E-state index in [1.54, 1.807) is 13.8 Å². The van der Waals surface area contributed by atoms with Crippen LogP contribution < -0.4 is 19.5 Å². The van der Waals surface area contributed by atoms with E-state index >= 15 is 0 Å². The van der Waals surface area contributed by atoms with E-state index in [2.05, 4.69) is 5.32 Å². The molecule has 0 saturated carbocycles. The van der Waals surface area contributed by atoms with Gasteiger partial charge in [-0.2, -0.15) is 0 Å². The molecule has 0 aliphatic heterocycles. The van der Waals surface area contributed by atoms with Crippen molar-refractivity contribution in [3.63, 3.8) is 0 Å². The third-order valence-corrected chi connectivity index (χ3v) is 3.76. The Hall–Kier alpha value is -2.67. The lowest BCUT2D eigenvalue weighted by molar-refractivity contribution is 0.102. The van der Waals surface area contributed by atoms with Crippen molar-refractivity contribution in [2.75, 3.05) is 25.1 Å². The first-order valence-corrected chi connectivity index (χ1v) is 8.84. The van der Waals surface area contributed by atoms with Gasteiger partial charge in [0.05, 0.1) is 30.5 Å². The van der Waals surface area contributed by atoms with Crippen LogP contribution in [0.15, 0.2) is 24.3 Å². The molecular weight excluding hydrogens is 377 g/mol. The molecule has 2 aromatic rings. The fourth-order valence-corrected chi connectivity index (χ4v) is 2.51. The largest absolute Gasteiger partial charge is 0.506 e. The minimum atomic E-state index is -0.814. The van der Waals surface area contributed by atoms with E-state index in [4.69, 9.17) is 25.8 Å². The topological polar surface area (TPSA) is 77.0 Å². The van der Waals surface area contributed by atoms with E-state index in [9.17, 15) is 14.3 Å². The van der Waals surface area contributed by atoms with E-state index < -0.39 is 17.5 Å². The summed E-state index contributed by atoms with van der Waals surface area (Å²) in [4.78, 5) is 12.6. The second-order valence-electron chi connectivity index (χ2n) is 5.34. The van der Waals surface area contributed by atoms with Crippen LogP contribution in [0, 0.1) is 5.82 Å². The summed E-state index contributed by atoms with van der Waals surface area (Å²) in [7, 11) is 0. The van der Waals surface area contributed by atoms with E-state index in [0.29, 0.717) is 37.1 Å². The average molecular weight is 398 g/mol. The molecule has 0 heterocycles. The number of rotatable bonds is 8. The van der Waals surface area contributed by atoms with Gasteiger partial charge in [0.15, 0.2) is 17.3 Å².